The van der Waals surface area contributed by atoms with Crippen LogP contribution in [-0.2, 0) is 13.6 Å². The molecule has 2 heterocycles. The Bertz CT molecular complexity index is 521. The SMILES string of the molecule is Cn1ccc(Cn2ccnc2NC2CCCCC2)n1. The first-order chi connectivity index (χ1) is 9.31. The van der Waals surface area contributed by atoms with Gasteiger partial charge in [0.25, 0.3) is 0 Å². The number of hydrogen-bond donors (Lipinski definition) is 1. The van der Waals surface area contributed by atoms with Crippen molar-refractivity contribution in [1.82, 2.24) is 19.3 Å². The van der Waals surface area contributed by atoms with Crippen LogP contribution in [0, 0.1) is 0 Å². The molecule has 2 aromatic heterocycles. The maximum absolute atomic E-state index is 4.43. The fraction of sp³-hybridized carbons (Fsp3) is 0.571. The van der Waals surface area contributed by atoms with Crippen LogP contribution in [0.2, 0.25) is 0 Å². The minimum absolute atomic E-state index is 0.582. The van der Waals surface area contributed by atoms with Crippen LogP contribution in [-0.4, -0.2) is 25.4 Å². The quantitative estimate of drug-likeness (QED) is 0.917. The van der Waals surface area contributed by atoms with Gasteiger partial charge in [0, 0.05) is 31.7 Å². The molecule has 5 nitrogen and oxygen atoms in total. The van der Waals surface area contributed by atoms with E-state index < -0.39 is 0 Å². The maximum atomic E-state index is 4.43. The van der Waals surface area contributed by atoms with E-state index >= 15 is 0 Å². The van der Waals surface area contributed by atoms with Crippen molar-refractivity contribution in [2.75, 3.05) is 5.32 Å². The van der Waals surface area contributed by atoms with Crippen molar-refractivity contribution in [3.8, 4) is 0 Å². The fourth-order valence-corrected chi connectivity index (χ4v) is 2.73. The second kappa shape index (κ2) is 5.47. The van der Waals surface area contributed by atoms with Crippen LogP contribution in [0.5, 0.6) is 0 Å². The lowest BCUT2D eigenvalue weighted by Gasteiger charge is -2.23. The zero-order valence-electron chi connectivity index (χ0n) is 11.4. The molecule has 0 amide bonds. The highest BCUT2D eigenvalue weighted by Gasteiger charge is 2.15. The van der Waals surface area contributed by atoms with E-state index in [2.05, 4.69) is 20.0 Å². The molecule has 1 fully saturated rings. The zero-order valence-corrected chi connectivity index (χ0v) is 11.4. The Labute approximate surface area is 113 Å². The first-order valence-electron chi connectivity index (χ1n) is 7.07. The molecule has 0 radical (unpaired) electrons. The van der Waals surface area contributed by atoms with E-state index in [0.717, 1.165) is 18.2 Å². The Morgan fingerprint density at radius 1 is 1.26 bits per heavy atom. The summed E-state index contributed by atoms with van der Waals surface area (Å²) in [5.41, 5.74) is 1.06. The smallest absolute Gasteiger partial charge is 0.203 e. The van der Waals surface area contributed by atoms with Gasteiger partial charge in [-0.15, -0.1) is 0 Å². The number of nitrogens with one attached hydrogen (secondary N) is 1. The van der Waals surface area contributed by atoms with E-state index in [4.69, 9.17) is 0 Å². The fourth-order valence-electron chi connectivity index (χ4n) is 2.73. The van der Waals surface area contributed by atoms with E-state index in [1.807, 2.05) is 36.4 Å². The molecule has 1 aliphatic carbocycles. The van der Waals surface area contributed by atoms with Crippen molar-refractivity contribution in [1.29, 1.82) is 0 Å². The first kappa shape index (κ1) is 12.3. The van der Waals surface area contributed by atoms with Gasteiger partial charge in [0.05, 0.1) is 12.2 Å². The van der Waals surface area contributed by atoms with Gasteiger partial charge in [0.2, 0.25) is 5.95 Å². The van der Waals surface area contributed by atoms with Gasteiger partial charge < -0.3 is 9.88 Å². The summed E-state index contributed by atoms with van der Waals surface area (Å²) < 4.78 is 3.97. The Morgan fingerprint density at radius 2 is 2.11 bits per heavy atom. The monoisotopic (exact) mass is 259 g/mol. The van der Waals surface area contributed by atoms with Gasteiger partial charge in [-0.1, -0.05) is 19.3 Å². The van der Waals surface area contributed by atoms with E-state index in [9.17, 15) is 0 Å². The van der Waals surface area contributed by atoms with Crippen LogP contribution >= 0.6 is 0 Å². The van der Waals surface area contributed by atoms with Crippen LogP contribution in [0.1, 0.15) is 37.8 Å². The summed E-state index contributed by atoms with van der Waals surface area (Å²) in [5.74, 6) is 0.970. The molecule has 0 saturated heterocycles. The Hall–Kier alpha value is -1.78. The number of rotatable bonds is 4. The lowest BCUT2D eigenvalue weighted by molar-refractivity contribution is 0.459. The van der Waals surface area contributed by atoms with Crippen molar-refractivity contribution < 1.29 is 0 Å². The van der Waals surface area contributed by atoms with Gasteiger partial charge in [0.1, 0.15) is 0 Å². The van der Waals surface area contributed by atoms with Gasteiger partial charge in [-0.2, -0.15) is 5.10 Å². The number of anilines is 1. The van der Waals surface area contributed by atoms with Crippen LogP contribution in [0.3, 0.4) is 0 Å². The third kappa shape index (κ3) is 2.97. The molecule has 19 heavy (non-hydrogen) atoms. The molecule has 0 aromatic carbocycles. The van der Waals surface area contributed by atoms with Crippen molar-refractivity contribution in [2.45, 2.75) is 44.7 Å². The van der Waals surface area contributed by atoms with Crippen molar-refractivity contribution in [3.05, 3.63) is 30.4 Å². The number of aryl methyl sites for hydroxylation is 1. The highest BCUT2D eigenvalue weighted by molar-refractivity contribution is 5.28. The Kier molecular flexibility index (Phi) is 3.53. The standard InChI is InChI=1S/C14H21N5/c1-18-9-7-13(17-18)11-19-10-8-15-14(19)16-12-5-3-2-4-6-12/h7-10,12H,2-6,11H2,1H3,(H,15,16). The molecule has 102 valence electrons. The summed E-state index contributed by atoms with van der Waals surface area (Å²) in [7, 11) is 1.94. The summed E-state index contributed by atoms with van der Waals surface area (Å²) in [4.78, 5) is 4.43. The summed E-state index contributed by atoms with van der Waals surface area (Å²) in [6.45, 7) is 0.774. The molecule has 1 N–H and O–H groups in total. The lowest BCUT2D eigenvalue weighted by atomic mass is 9.96. The second-order valence-electron chi connectivity index (χ2n) is 5.34. The van der Waals surface area contributed by atoms with E-state index in [1.54, 1.807) is 0 Å². The topological polar surface area (TPSA) is 47.7 Å². The first-order valence-corrected chi connectivity index (χ1v) is 7.07. The Morgan fingerprint density at radius 3 is 2.84 bits per heavy atom. The molecule has 1 aliphatic rings. The van der Waals surface area contributed by atoms with Crippen LogP contribution < -0.4 is 5.32 Å². The normalized spacial score (nSPS) is 16.7. The average Bonchev–Trinajstić information content (AvgIpc) is 3.01. The third-order valence-electron chi connectivity index (χ3n) is 3.76. The van der Waals surface area contributed by atoms with Gasteiger partial charge in [-0.25, -0.2) is 4.98 Å². The van der Waals surface area contributed by atoms with E-state index in [0.29, 0.717) is 6.04 Å². The molecule has 1 saturated carbocycles. The maximum Gasteiger partial charge on any atom is 0.203 e. The van der Waals surface area contributed by atoms with E-state index in [-0.39, 0.29) is 0 Å². The number of hydrogen-bond acceptors (Lipinski definition) is 3. The molecule has 3 rings (SSSR count). The molecular weight excluding hydrogens is 238 g/mol. The zero-order chi connectivity index (χ0) is 13.1. The predicted octanol–water partition coefficient (Wildman–Crippen LogP) is 2.41. The molecule has 0 unspecified atom stereocenters. The largest absolute Gasteiger partial charge is 0.353 e. The second-order valence-corrected chi connectivity index (χ2v) is 5.34. The van der Waals surface area contributed by atoms with Crippen LogP contribution in [0.4, 0.5) is 5.95 Å². The predicted molar refractivity (Wildman–Crippen MR) is 75.0 cm³/mol. The minimum atomic E-state index is 0.582. The van der Waals surface area contributed by atoms with Gasteiger partial charge in [-0.3, -0.25) is 4.68 Å². The molecule has 0 aliphatic heterocycles. The van der Waals surface area contributed by atoms with Gasteiger partial charge in [-0.05, 0) is 18.9 Å². The number of aromatic nitrogens is 4. The van der Waals surface area contributed by atoms with Gasteiger partial charge >= 0.3 is 0 Å². The summed E-state index contributed by atoms with van der Waals surface area (Å²) in [6, 6.07) is 2.63. The summed E-state index contributed by atoms with van der Waals surface area (Å²) >= 11 is 0. The number of imidazole rings is 1. The van der Waals surface area contributed by atoms with Crippen molar-refractivity contribution in [3.63, 3.8) is 0 Å². The minimum Gasteiger partial charge on any atom is -0.353 e. The average molecular weight is 259 g/mol. The number of nitrogens with zero attached hydrogens (tertiary/aromatic N) is 4. The molecule has 0 bridgehead atoms. The highest BCUT2D eigenvalue weighted by atomic mass is 15.3. The Balaban J connectivity index is 1.67. The summed E-state index contributed by atoms with van der Waals surface area (Å²) in [6.07, 6.45) is 12.4. The van der Waals surface area contributed by atoms with Crippen LogP contribution in [0.15, 0.2) is 24.7 Å². The molecule has 0 atom stereocenters. The van der Waals surface area contributed by atoms with Crippen molar-refractivity contribution >= 4 is 5.95 Å². The highest BCUT2D eigenvalue weighted by Crippen LogP contribution is 2.21. The van der Waals surface area contributed by atoms with Crippen molar-refractivity contribution in [2.24, 2.45) is 7.05 Å². The molecule has 5 heteroatoms. The third-order valence-corrected chi connectivity index (χ3v) is 3.76. The molecule has 0 spiro atoms. The van der Waals surface area contributed by atoms with Crippen LogP contribution in [0.25, 0.3) is 0 Å². The van der Waals surface area contributed by atoms with Gasteiger partial charge in [0.15, 0.2) is 0 Å². The lowest BCUT2D eigenvalue weighted by Crippen LogP contribution is -2.24. The molecule has 2 aromatic rings. The molecular formula is C14H21N5. The summed E-state index contributed by atoms with van der Waals surface area (Å²) in [5, 5.41) is 7.99. The van der Waals surface area contributed by atoms with E-state index in [1.165, 1.54) is 32.1 Å².